The fourth-order valence-corrected chi connectivity index (χ4v) is 2.57. The van der Waals surface area contributed by atoms with E-state index in [1.807, 2.05) is 6.08 Å². The van der Waals surface area contributed by atoms with Crippen LogP contribution in [-0.4, -0.2) is 24.8 Å². The van der Waals surface area contributed by atoms with Gasteiger partial charge in [-0.3, -0.25) is 0 Å². The molecule has 17 heavy (non-hydrogen) atoms. The van der Waals surface area contributed by atoms with Crippen LogP contribution < -0.4 is 0 Å². The van der Waals surface area contributed by atoms with Crippen molar-refractivity contribution in [3.05, 3.63) is 23.3 Å². The van der Waals surface area contributed by atoms with Gasteiger partial charge in [0.05, 0.1) is 6.10 Å². The van der Waals surface area contributed by atoms with Gasteiger partial charge in [-0.15, -0.1) is 0 Å². The first-order valence-electron chi connectivity index (χ1n) is 6.54. The van der Waals surface area contributed by atoms with Crippen molar-refractivity contribution in [1.82, 2.24) is 0 Å². The van der Waals surface area contributed by atoms with Crippen LogP contribution in [0.3, 0.4) is 0 Å². The number of fused-ring (bicyclic) bond motifs is 1. The summed E-state index contributed by atoms with van der Waals surface area (Å²) < 4.78 is 10.7. The van der Waals surface area contributed by atoms with Gasteiger partial charge in [0, 0.05) is 5.57 Å². The number of allylic oxidation sites excluding steroid dienone is 1. The minimum atomic E-state index is -0.148. The highest BCUT2D eigenvalue weighted by Gasteiger charge is 2.41. The van der Waals surface area contributed by atoms with E-state index in [1.54, 1.807) is 0 Å². The Morgan fingerprint density at radius 3 is 3.12 bits per heavy atom. The summed E-state index contributed by atoms with van der Waals surface area (Å²) in [6.07, 6.45) is 11.2. The van der Waals surface area contributed by atoms with Gasteiger partial charge in [-0.1, -0.05) is 6.08 Å². The third-order valence-electron chi connectivity index (χ3n) is 3.72. The van der Waals surface area contributed by atoms with Crippen molar-refractivity contribution in [1.29, 1.82) is 0 Å². The zero-order valence-corrected chi connectivity index (χ0v) is 9.98. The molecule has 1 aliphatic heterocycles. The lowest BCUT2D eigenvalue weighted by molar-refractivity contribution is -0.138. The molecule has 0 radical (unpaired) electrons. The Balaban J connectivity index is 1.51. The van der Waals surface area contributed by atoms with Crippen LogP contribution in [-0.2, 0) is 14.3 Å². The Hall–Kier alpha value is -1.09. The van der Waals surface area contributed by atoms with Crippen LogP contribution >= 0.6 is 0 Å². The standard InChI is InChI=1S/C14H18O3/c15-14(11-6-7-12-13(8-11)17-12)16-9-10-4-2-1-3-5-10/h4,8,12-13H,1-3,5-7,9H2. The van der Waals surface area contributed by atoms with Crippen LogP contribution in [0, 0.1) is 0 Å². The first-order chi connectivity index (χ1) is 8.33. The molecular weight excluding hydrogens is 216 g/mol. The molecule has 3 rings (SSSR count). The number of ether oxygens (including phenoxy) is 2. The maximum atomic E-state index is 11.8. The van der Waals surface area contributed by atoms with Crippen molar-refractivity contribution in [2.45, 2.75) is 50.7 Å². The highest BCUT2D eigenvalue weighted by Crippen LogP contribution is 2.35. The molecule has 3 heteroatoms. The predicted molar refractivity (Wildman–Crippen MR) is 63.5 cm³/mol. The number of carbonyl (C=O) groups excluding carboxylic acids is 1. The van der Waals surface area contributed by atoms with Gasteiger partial charge in [0.1, 0.15) is 12.7 Å². The second-order valence-electron chi connectivity index (χ2n) is 5.05. The van der Waals surface area contributed by atoms with Crippen LogP contribution in [0.2, 0.25) is 0 Å². The zero-order valence-electron chi connectivity index (χ0n) is 9.98. The molecule has 0 amide bonds. The van der Waals surface area contributed by atoms with Crippen molar-refractivity contribution in [3.8, 4) is 0 Å². The summed E-state index contributed by atoms with van der Waals surface area (Å²) in [7, 11) is 0. The van der Waals surface area contributed by atoms with Crippen molar-refractivity contribution in [2.75, 3.05) is 6.61 Å². The molecular formula is C14H18O3. The molecule has 0 aromatic heterocycles. The second-order valence-corrected chi connectivity index (χ2v) is 5.05. The smallest absolute Gasteiger partial charge is 0.334 e. The molecule has 0 spiro atoms. The summed E-state index contributed by atoms with van der Waals surface area (Å²) in [4.78, 5) is 11.8. The number of hydrogen-bond acceptors (Lipinski definition) is 3. The topological polar surface area (TPSA) is 38.8 Å². The minimum absolute atomic E-state index is 0.148. The van der Waals surface area contributed by atoms with Crippen LogP contribution in [0.15, 0.2) is 23.3 Å². The van der Waals surface area contributed by atoms with Crippen molar-refractivity contribution < 1.29 is 14.3 Å². The second kappa shape index (κ2) is 4.65. The average molecular weight is 234 g/mol. The first kappa shape index (κ1) is 11.0. The largest absolute Gasteiger partial charge is 0.458 e. The van der Waals surface area contributed by atoms with Gasteiger partial charge in [-0.05, 0) is 50.2 Å². The molecule has 1 heterocycles. The molecule has 2 unspecified atom stereocenters. The van der Waals surface area contributed by atoms with Crippen molar-refractivity contribution in [2.24, 2.45) is 0 Å². The number of esters is 1. The Kier molecular flexibility index (Phi) is 3.02. The SMILES string of the molecule is O=C(OCC1=CCCCC1)C1=CC2OC2CC1. The maximum Gasteiger partial charge on any atom is 0.334 e. The molecule has 0 aromatic carbocycles. The molecule has 0 bridgehead atoms. The summed E-state index contributed by atoms with van der Waals surface area (Å²) >= 11 is 0. The van der Waals surface area contributed by atoms with Crippen molar-refractivity contribution in [3.63, 3.8) is 0 Å². The third-order valence-corrected chi connectivity index (χ3v) is 3.72. The first-order valence-corrected chi connectivity index (χ1v) is 6.54. The van der Waals surface area contributed by atoms with Crippen LogP contribution in [0.4, 0.5) is 0 Å². The minimum Gasteiger partial charge on any atom is -0.458 e. The molecule has 0 N–H and O–H groups in total. The Labute approximate surface area is 101 Å². The van der Waals surface area contributed by atoms with Gasteiger partial charge < -0.3 is 9.47 Å². The summed E-state index contributed by atoms with van der Waals surface area (Å²) in [6, 6.07) is 0. The van der Waals surface area contributed by atoms with Gasteiger partial charge in [0.2, 0.25) is 0 Å². The van der Waals surface area contributed by atoms with Crippen molar-refractivity contribution >= 4 is 5.97 Å². The zero-order chi connectivity index (χ0) is 11.7. The van der Waals surface area contributed by atoms with E-state index < -0.39 is 0 Å². The van der Waals surface area contributed by atoms with E-state index in [2.05, 4.69) is 6.08 Å². The predicted octanol–water partition coefficient (Wildman–Crippen LogP) is 2.52. The van der Waals surface area contributed by atoms with Gasteiger partial charge in [0.25, 0.3) is 0 Å². The van der Waals surface area contributed by atoms with E-state index in [0.717, 1.165) is 31.3 Å². The van der Waals surface area contributed by atoms with Gasteiger partial charge in [-0.2, -0.15) is 0 Å². The van der Waals surface area contributed by atoms with E-state index in [9.17, 15) is 4.79 Å². The Morgan fingerprint density at radius 1 is 1.41 bits per heavy atom. The molecule has 92 valence electrons. The third kappa shape index (κ3) is 2.60. The number of epoxide rings is 1. The lowest BCUT2D eigenvalue weighted by atomic mass is 9.99. The molecule has 0 aromatic rings. The molecule has 3 nitrogen and oxygen atoms in total. The van der Waals surface area contributed by atoms with E-state index in [0.29, 0.717) is 12.7 Å². The van der Waals surface area contributed by atoms with Gasteiger partial charge in [-0.25, -0.2) is 4.79 Å². The highest BCUT2D eigenvalue weighted by molar-refractivity contribution is 5.89. The van der Waals surface area contributed by atoms with E-state index in [1.165, 1.54) is 18.4 Å². The average Bonchev–Trinajstić information content (AvgIpc) is 3.15. The fraction of sp³-hybridized carbons (Fsp3) is 0.643. The molecule has 2 aliphatic carbocycles. The number of hydrogen-bond donors (Lipinski definition) is 0. The number of carbonyl (C=O) groups is 1. The molecule has 1 fully saturated rings. The van der Waals surface area contributed by atoms with E-state index >= 15 is 0 Å². The summed E-state index contributed by atoms with van der Waals surface area (Å²) in [5.74, 6) is -0.148. The van der Waals surface area contributed by atoms with E-state index in [-0.39, 0.29) is 12.1 Å². The lowest BCUT2D eigenvalue weighted by Crippen LogP contribution is -2.15. The molecule has 1 saturated heterocycles. The summed E-state index contributed by atoms with van der Waals surface area (Å²) in [5, 5.41) is 0. The summed E-state index contributed by atoms with van der Waals surface area (Å²) in [6.45, 7) is 0.477. The van der Waals surface area contributed by atoms with Crippen LogP contribution in [0.25, 0.3) is 0 Å². The number of rotatable bonds is 3. The van der Waals surface area contributed by atoms with Crippen LogP contribution in [0.1, 0.15) is 38.5 Å². The highest BCUT2D eigenvalue weighted by atomic mass is 16.6. The lowest BCUT2D eigenvalue weighted by Gasteiger charge is -2.14. The van der Waals surface area contributed by atoms with Crippen LogP contribution in [0.5, 0.6) is 0 Å². The van der Waals surface area contributed by atoms with Gasteiger partial charge in [0.15, 0.2) is 0 Å². The Morgan fingerprint density at radius 2 is 2.35 bits per heavy atom. The Bertz CT molecular complexity index is 381. The summed E-state index contributed by atoms with van der Waals surface area (Å²) in [5.41, 5.74) is 2.08. The normalized spacial score (nSPS) is 31.1. The molecule has 2 atom stereocenters. The maximum absolute atomic E-state index is 11.8. The molecule has 3 aliphatic rings. The molecule has 0 saturated carbocycles. The van der Waals surface area contributed by atoms with E-state index in [4.69, 9.17) is 9.47 Å². The fourth-order valence-electron chi connectivity index (χ4n) is 2.57. The quantitative estimate of drug-likeness (QED) is 0.428. The monoisotopic (exact) mass is 234 g/mol. The van der Waals surface area contributed by atoms with Gasteiger partial charge >= 0.3 is 5.97 Å².